The van der Waals surface area contributed by atoms with Gasteiger partial charge in [-0.15, -0.1) is 0 Å². The summed E-state index contributed by atoms with van der Waals surface area (Å²) in [7, 11) is 0. The van der Waals surface area contributed by atoms with Crippen LogP contribution in [0.15, 0.2) is 40.9 Å². The number of carbonyl (C=O) groups is 1. The lowest BCUT2D eigenvalue weighted by molar-refractivity contribution is -0.141. The summed E-state index contributed by atoms with van der Waals surface area (Å²) in [6, 6.07) is 9.89. The van der Waals surface area contributed by atoms with E-state index < -0.39 is 6.10 Å². The first-order valence-electron chi connectivity index (χ1n) is 7.83. The molecule has 0 radical (unpaired) electrons. The molecular weight excluding hydrogens is 294 g/mol. The lowest BCUT2D eigenvalue weighted by Gasteiger charge is -2.34. The zero-order valence-corrected chi connectivity index (χ0v) is 13.2. The normalized spacial score (nSPS) is 17.2. The van der Waals surface area contributed by atoms with Crippen molar-refractivity contribution in [2.45, 2.75) is 19.6 Å². The Morgan fingerprint density at radius 3 is 2.61 bits per heavy atom. The molecule has 0 aliphatic carbocycles. The number of hydrogen-bond donors (Lipinski definition) is 1. The number of nitrogens with zero attached hydrogens (tertiary/aromatic N) is 3. The summed E-state index contributed by atoms with van der Waals surface area (Å²) < 4.78 is 5.81. The van der Waals surface area contributed by atoms with Crippen LogP contribution in [0, 0.1) is 0 Å². The van der Waals surface area contributed by atoms with Crippen molar-refractivity contribution in [3.63, 3.8) is 0 Å². The van der Waals surface area contributed by atoms with Crippen LogP contribution in [0.2, 0.25) is 0 Å². The highest BCUT2D eigenvalue weighted by Gasteiger charge is 2.24. The largest absolute Gasteiger partial charge is 0.439 e. The molecule has 1 aromatic heterocycles. The molecule has 0 bridgehead atoms. The Bertz CT molecular complexity index is 646. The summed E-state index contributed by atoms with van der Waals surface area (Å²) in [4.78, 5) is 20.0. The van der Waals surface area contributed by atoms with Crippen LogP contribution < -0.4 is 0 Å². The molecular formula is C17H21N3O3. The van der Waals surface area contributed by atoms with Gasteiger partial charge in [0.05, 0.1) is 12.7 Å². The smallest absolute Gasteiger partial charge is 0.251 e. The predicted molar refractivity (Wildman–Crippen MR) is 85.5 cm³/mol. The fraction of sp³-hybridized carbons (Fsp3) is 0.412. The van der Waals surface area contributed by atoms with Crippen LogP contribution in [-0.4, -0.2) is 58.1 Å². The Labute approximate surface area is 135 Å². The van der Waals surface area contributed by atoms with Crippen LogP contribution in [0.4, 0.5) is 0 Å². The number of amides is 1. The maximum absolute atomic E-state index is 11.7. The molecule has 0 saturated carbocycles. The second-order valence-electron chi connectivity index (χ2n) is 5.76. The lowest BCUT2D eigenvalue weighted by Crippen LogP contribution is -2.50. The highest BCUT2D eigenvalue weighted by atomic mass is 16.4. The minimum Gasteiger partial charge on any atom is -0.439 e. The van der Waals surface area contributed by atoms with Gasteiger partial charge in [0.25, 0.3) is 5.91 Å². The summed E-state index contributed by atoms with van der Waals surface area (Å²) in [5, 5.41) is 9.36. The van der Waals surface area contributed by atoms with E-state index in [1.807, 2.05) is 30.3 Å². The quantitative estimate of drug-likeness (QED) is 0.923. The average molecular weight is 315 g/mol. The Morgan fingerprint density at radius 2 is 1.96 bits per heavy atom. The third-order valence-electron chi connectivity index (χ3n) is 4.01. The minimum absolute atomic E-state index is 0.202. The van der Waals surface area contributed by atoms with Crippen LogP contribution >= 0.6 is 0 Å². The van der Waals surface area contributed by atoms with Gasteiger partial charge in [-0.2, -0.15) is 0 Å². The van der Waals surface area contributed by atoms with Gasteiger partial charge in [0.15, 0.2) is 5.76 Å². The lowest BCUT2D eigenvalue weighted by atomic mass is 10.2. The molecule has 1 atom stereocenters. The van der Waals surface area contributed by atoms with Crippen LogP contribution in [-0.2, 0) is 11.3 Å². The SMILES string of the molecule is CC(O)C(=O)N1CCN(Cc2ncc(-c3ccccc3)o2)CC1. The van der Waals surface area contributed by atoms with E-state index in [0.29, 0.717) is 25.5 Å². The maximum atomic E-state index is 11.7. The molecule has 1 amide bonds. The van der Waals surface area contributed by atoms with E-state index >= 15 is 0 Å². The molecule has 6 nitrogen and oxygen atoms in total. The van der Waals surface area contributed by atoms with Gasteiger partial charge in [-0.05, 0) is 6.92 Å². The number of benzene rings is 1. The van der Waals surface area contributed by atoms with Crippen molar-refractivity contribution in [2.24, 2.45) is 0 Å². The summed E-state index contributed by atoms with van der Waals surface area (Å²) >= 11 is 0. The Hall–Kier alpha value is -2.18. The van der Waals surface area contributed by atoms with Gasteiger partial charge in [0.2, 0.25) is 5.89 Å². The number of aliphatic hydroxyl groups is 1. The monoisotopic (exact) mass is 315 g/mol. The van der Waals surface area contributed by atoms with E-state index in [0.717, 1.165) is 24.4 Å². The molecule has 122 valence electrons. The van der Waals surface area contributed by atoms with Gasteiger partial charge in [-0.3, -0.25) is 9.69 Å². The summed E-state index contributed by atoms with van der Waals surface area (Å²) in [5.74, 6) is 1.25. The first-order chi connectivity index (χ1) is 11.1. The topological polar surface area (TPSA) is 69.8 Å². The van der Waals surface area contributed by atoms with E-state index in [4.69, 9.17) is 4.42 Å². The van der Waals surface area contributed by atoms with Crippen molar-refractivity contribution in [1.29, 1.82) is 0 Å². The summed E-state index contributed by atoms with van der Waals surface area (Å²) in [5.41, 5.74) is 1.01. The molecule has 3 rings (SSSR count). The number of oxazole rings is 1. The van der Waals surface area contributed by atoms with E-state index in [-0.39, 0.29) is 5.91 Å². The molecule has 1 N–H and O–H groups in total. The standard InChI is InChI=1S/C17H21N3O3/c1-13(21)17(22)20-9-7-19(8-10-20)12-16-18-11-15(23-16)14-5-3-2-4-6-14/h2-6,11,13,21H,7-10,12H2,1H3. The summed E-state index contributed by atoms with van der Waals surface area (Å²) in [6.07, 6.45) is 0.819. The average Bonchev–Trinajstić information content (AvgIpc) is 3.04. The van der Waals surface area contributed by atoms with Crippen LogP contribution in [0.3, 0.4) is 0 Å². The summed E-state index contributed by atoms with van der Waals surface area (Å²) in [6.45, 7) is 4.88. The second kappa shape index (κ2) is 6.93. The third-order valence-corrected chi connectivity index (χ3v) is 4.01. The van der Waals surface area contributed by atoms with E-state index in [2.05, 4.69) is 9.88 Å². The van der Waals surface area contributed by atoms with E-state index in [1.54, 1.807) is 11.1 Å². The molecule has 6 heteroatoms. The van der Waals surface area contributed by atoms with E-state index in [9.17, 15) is 9.90 Å². The highest BCUT2D eigenvalue weighted by Crippen LogP contribution is 2.20. The van der Waals surface area contributed by atoms with Crippen molar-refractivity contribution in [3.05, 3.63) is 42.4 Å². The van der Waals surface area contributed by atoms with Crippen LogP contribution in [0.5, 0.6) is 0 Å². The van der Waals surface area contributed by atoms with Gasteiger partial charge in [0.1, 0.15) is 6.10 Å². The molecule has 1 aliphatic rings. The number of hydrogen-bond acceptors (Lipinski definition) is 5. The van der Waals surface area contributed by atoms with Crippen molar-refractivity contribution in [2.75, 3.05) is 26.2 Å². The molecule has 1 aliphatic heterocycles. The number of rotatable bonds is 4. The van der Waals surface area contributed by atoms with Gasteiger partial charge in [0, 0.05) is 31.7 Å². The van der Waals surface area contributed by atoms with Crippen LogP contribution in [0.25, 0.3) is 11.3 Å². The zero-order valence-electron chi connectivity index (χ0n) is 13.2. The van der Waals surface area contributed by atoms with Crippen LogP contribution in [0.1, 0.15) is 12.8 Å². The first-order valence-corrected chi connectivity index (χ1v) is 7.83. The van der Waals surface area contributed by atoms with Gasteiger partial charge < -0.3 is 14.4 Å². The molecule has 2 aromatic rings. The van der Waals surface area contributed by atoms with Crippen molar-refractivity contribution < 1.29 is 14.3 Å². The van der Waals surface area contributed by atoms with Gasteiger partial charge in [-0.25, -0.2) is 4.98 Å². The molecule has 1 aromatic carbocycles. The second-order valence-corrected chi connectivity index (χ2v) is 5.76. The Balaban J connectivity index is 1.55. The predicted octanol–water partition coefficient (Wildman–Crippen LogP) is 1.37. The third kappa shape index (κ3) is 3.78. The van der Waals surface area contributed by atoms with E-state index in [1.165, 1.54) is 6.92 Å². The molecule has 1 unspecified atom stereocenters. The minimum atomic E-state index is -0.929. The number of aliphatic hydroxyl groups excluding tert-OH is 1. The van der Waals surface area contributed by atoms with Gasteiger partial charge >= 0.3 is 0 Å². The van der Waals surface area contributed by atoms with Crippen molar-refractivity contribution in [3.8, 4) is 11.3 Å². The Morgan fingerprint density at radius 1 is 1.26 bits per heavy atom. The molecule has 2 heterocycles. The van der Waals surface area contributed by atoms with Gasteiger partial charge in [-0.1, -0.05) is 30.3 Å². The molecule has 1 fully saturated rings. The van der Waals surface area contributed by atoms with Crippen molar-refractivity contribution in [1.82, 2.24) is 14.8 Å². The first kappa shape index (κ1) is 15.7. The molecule has 0 spiro atoms. The fourth-order valence-electron chi connectivity index (χ4n) is 2.70. The molecule has 23 heavy (non-hydrogen) atoms. The fourth-order valence-corrected chi connectivity index (χ4v) is 2.70. The molecule has 1 saturated heterocycles. The Kier molecular flexibility index (Phi) is 4.73. The number of carbonyl (C=O) groups excluding carboxylic acids is 1. The van der Waals surface area contributed by atoms with Crippen molar-refractivity contribution >= 4 is 5.91 Å². The highest BCUT2D eigenvalue weighted by molar-refractivity contribution is 5.80. The number of aromatic nitrogens is 1. The zero-order chi connectivity index (χ0) is 16.2. The maximum Gasteiger partial charge on any atom is 0.251 e. The number of piperazine rings is 1.